The second-order valence-electron chi connectivity index (χ2n) is 5.28. The molecule has 6 heteroatoms. The number of amides is 1. The van der Waals surface area contributed by atoms with Crippen molar-refractivity contribution in [2.45, 2.75) is 0 Å². The zero-order valence-electron chi connectivity index (χ0n) is 12.9. The van der Waals surface area contributed by atoms with E-state index in [1.807, 2.05) is 30.3 Å². The van der Waals surface area contributed by atoms with Crippen molar-refractivity contribution in [3.8, 4) is 11.1 Å². The predicted molar refractivity (Wildman–Crippen MR) is 104 cm³/mol. The number of rotatable bonds is 4. The van der Waals surface area contributed by atoms with Gasteiger partial charge in [-0.1, -0.05) is 30.3 Å². The number of anilines is 1. The molecule has 0 unspecified atom stereocenters. The van der Waals surface area contributed by atoms with Gasteiger partial charge in [-0.3, -0.25) is 9.78 Å². The highest BCUT2D eigenvalue weighted by atomic mass is 127. The first-order chi connectivity index (χ1) is 12.0. The number of nitrogens with zero attached hydrogens (tertiary/aromatic N) is 1. The van der Waals surface area contributed by atoms with Crippen LogP contribution in [0.1, 0.15) is 20.7 Å². The van der Waals surface area contributed by atoms with E-state index in [1.54, 1.807) is 24.4 Å². The summed E-state index contributed by atoms with van der Waals surface area (Å²) in [4.78, 5) is 28.0. The molecule has 2 aromatic carbocycles. The van der Waals surface area contributed by atoms with Gasteiger partial charge in [0, 0.05) is 21.5 Å². The van der Waals surface area contributed by atoms with Crippen LogP contribution in [0.5, 0.6) is 0 Å². The van der Waals surface area contributed by atoms with Gasteiger partial charge in [-0.2, -0.15) is 0 Å². The number of aromatic nitrogens is 1. The van der Waals surface area contributed by atoms with Crippen molar-refractivity contribution in [2.75, 3.05) is 5.32 Å². The fourth-order valence-electron chi connectivity index (χ4n) is 2.35. The lowest BCUT2D eigenvalue weighted by atomic mass is 10.1. The zero-order valence-corrected chi connectivity index (χ0v) is 15.1. The van der Waals surface area contributed by atoms with Gasteiger partial charge in [0.15, 0.2) is 0 Å². The molecule has 0 saturated carbocycles. The molecule has 2 N–H and O–H groups in total. The van der Waals surface area contributed by atoms with Gasteiger partial charge >= 0.3 is 5.97 Å². The number of benzene rings is 2. The summed E-state index contributed by atoms with van der Waals surface area (Å²) in [5, 5.41) is 11.9. The minimum Gasteiger partial charge on any atom is -0.478 e. The number of aromatic carboxylic acids is 1. The smallest absolute Gasteiger partial charge is 0.337 e. The maximum atomic E-state index is 12.5. The second-order valence-corrected chi connectivity index (χ2v) is 6.52. The molecule has 0 bridgehead atoms. The van der Waals surface area contributed by atoms with Gasteiger partial charge in [0.2, 0.25) is 0 Å². The van der Waals surface area contributed by atoms with Crippen LogP contribution < -0.4 is 5.32 Å². The highest BCUT2D eigenvalue weighted by Gasteiger charge is 2.15. The van der Waals surface area contributed by atoms with E-state index in [2.05, 4.69) is 32.9 Å². The van der Waals surface area contributed by atoms with E-state index in [0.29, 0.717) is 5.56 Å². The number of hydrogen-bond acceptors (Lipinski definition) is 3. The third-order valence-electron chi connectivity index (χ3n) is 3.57. The largest absolute Gasteiger partial charge is 0.478 e. The van der Waals surface area contributed by atoms with Crippen molar-refractivity contribution in [1.29, 1.82) is 0 Å². The van der Waals surface area contributed by atoms with Crippen LogP contribution in [0.2, 0.25) is 0 Å². The van der Waals surface area contributed by atoms with Crippen LogP contribution in [0.25, 0.3) is 11.1 Å². The molecule has 0 saturated heterocycles. The average Bonchev–Trinajstić information content (AvgIpc) is 2.62. The van der Waals surface area contributed by atoms with E-state index >= 15 is 0 Å². The van der Waals surface area contributed by atoms with Crippen molar-refractivity contribution >= 4 is 40.2 Å². The molecule has 3 aromatic rings. The van der Waals surface area contributed by atoms with Crippen LogP contribution in [0.15, 0.2) is 67.0 Å². The number of carboxylic acids is 1. The van der Waals surface area contributed by atoms with Crippen molar-refractivity contribution < 1.29 is 14.7 Å². The van der Waals surface area contributed by atoms with Gasteiger partial charge in [-0.25, -0.2) is 4.79 Å². The molecule has 0 aliphatic heterocycles. The second kappa shape index (κ2) is 7.43. The molecule has 0 radical (unpaired) electrons. The highest BCUT2D eigenvalue weighted by Crippen LogP contribution is 2.22. The molecular weight excluding hydrogens is 431 g/mol. The first-order valence-electron chi connectivity index (χ1n) is 7.39. The Morgan fingerprint density at radius 1 is 0.960 bits per heavy atom. The molecule has 0 spiro atoms. The summed E-state index contributed by atoms with van der Waals surface area (Å²) in [6, 6.07) is 16.1. The van der Waals surface area contributed by atoms with Gasteiger partial charge in [0.1, 0.15) is 0 Å². The summed E-state index contributed by atoms with van der Waals surface area (Å²) in [5.41, 5.74) is 2.42. The number of nitrogens with one attached hydrogen (secondary N) is 1. The van der Waals surface area contributed by atoms with Crippen LogP contribution in [-0.2, 0) is 0 Å². The minimum atomic E-state index is -1.09. The summed E-state index contributed by atoms with van der Waals surface area (Å²) in [7, 11) is 0. The summed E-state index contributed by atoms with van der Waals surface area (Å²) < 4.78 is 0.828. The lowest BCUT2D eigenvalue weighted by Crippen LogP contribution is -2.15. The van der Waals surface area contributed by atoms with Crippen LogP contribution in [0.3, 0.4) is 0 Å². The SMILES string of the molecule is O=C(Nc1cc(I)ccc1C(=O)O)c1cncc(-c2ccccc2)c1. The van der Waals surface area contributed by atoms with E-state index in [9.17, 15) is 14.7 Å². The summed E-state index contributed by atoms with van der Waals surface area (Å²) in [6.45, 7) is 0. The summed E-state index contributed by atoms with van der Waals surface area (Å²) in [5.74, 6) is -1.50. The van der Waals surface area contributed by atoms with E-state index in [4.69, 9.17) is 0 Å². The molecule has 1 amide bonds. The third kappa shape index (κ3) is 4.03. The predicted octanol–water partition coefficient (Wildman–Crippen LogP) is 4.30. The number of pyridine rings is 1. The van der Waals surface area contributed by atoms with Crippen LogP contribution in [0.4, 0.5) is 5.69 Å². The Kier molecular flexibility index (Phi) is 5.08. The quantitative estimate of drug-likeness (QED) is 0.589. The van der Waals surface area contributed by atoms with E-state index in [0.717, 1.165) is 14.7 Å². The Bertz CT molecular complexity index is 942. The first kappa shape index (κ1) is 17.1. The van der Waals surface area contributed by atoms with Gasteiger partial charge in [0.25, 0.3) is 5.91 Å². The van der Waals surface area contributed by atoms with Crippen molar-refractivity contribution in [3.63, 3.8) is 0 Å². The monoisotopic (exact) mass is 444 g/mol. The topological polar surface area (TPSA) is 79.3 Å². The Balaban J connectivity index is 1.90. The molecule has 1 heterocycles. The van der Waals surface area contributed by atoms with Crippen LogP contribution >= 0.6 is 22.6 Å². The standard InChI is InChI=1S/C19H13IN2O3/c20-15-6-7-16(19(24)25)17(9-15)22-18(23)14-8-13(10-21-11-14)12-4-2-1-3-5-12/h1-11H,(H,22,23)(H,24,25). The fourth-order valence-corrected chi connectivity index (χ4v) is 2.84. The number of carbonyl (C=O) groups is 2. The van der Waals surface area contributed by atoms with E-state index < -0.39 is 11.9 Å². The average molecular weight is 444 g/mol. The Morgan fingerprint density at radius 3 is 2.44 bits per heavy atom. The molecule has 25 heavy (non-hydrogen) atoms. The Hall–Kier alpha value is -2.74. The number of carbonyl (C=O) groups excluding carboxylic acids is 1. The molecule has 0 aliphatic carbocycles. The first-order valence-corrected chi connectivity index (χ1v) is 8.47. The zero-order chi connectivity index (χ0) is 17.8. The lowest BCUT2D eigenvalue weighted by molar-refractivity contribution is 0.0698. The van der Waals surface area contributed by atoms with Gasteiger partial charge in [-0.15, -0.1) is 0 Å². The molecule has 0 fully saturated rings. The number of hydrogen-bond donors (Lipinski definition) is 2. The lowest BCUT2D eigenvalue weighted by Gasteiger charge is -2.10. The van der Waals surface area contributed by atoms with Gasteiger partial charge in [0.05, 0.1) is 16.8 Å². The molecule has 124 valence electrons. The Labute approximate surface area is 157 Å². The maximum Gasteiger partial charge on any atom is 0.337 e. The molecule has 1 aromatic heterocycles. The normalized spacial score (nSPS) is 10.3. The molecular formula is C19H13IN2O3. The fraction of sp³-hybridized carbons (Fsp3) is 0. The van der Waals surface area contributed by atoms with Crippen LogP contribution in [-0.4, -0.2) is 22.0 Å². The summed E-state index contributed by atoms with van der Waals surface area (Å²) >= 11 is 2.06. The molecule has 5 nitrogen and oxygen atoms in total. The van der Waals surface area contributed by atoms with Crippen molar-refractivity contribution in [2.24, 2.45) is 0 Å². The maximum absolute atomic E-state index is 12.5. The molecule has 3 rings (SSSR count). The highest BCUT2D eigenvalue weighted by molar-refractivity contribution is 14.1. The van der Waals surface area contributed by atoms with Gasteiger partial charge < -0.3 is 10.4 Å². The Morgan fingerprint density at radius 2 is 1.72 bits per heavy atom. The molecule has 0 atom stereocenters. The summed E-state index contributed by atoms with van der Waals surface area (Å²) in [6.07, 6.45) is 3.14. The van der Waals surface area contributed by atoms with Crippen LogP contribution in [0, 0.1) is 3.57 Å². The third-order valence-corrected chi connectivity index (χ3v) is 4.24. The molecule has 0 aliphatic rings. The van der Waals surface area contributed by atoms with Crippen molar-refractivity contribution in [3.05, 3.63) is 81.7 Å². The van der Waals surface area contributed by atoms with Gasteiger partial charge in [-0.05, 0) is 52.4 Å². The van der Waals surface area contributed by atoms with E-state index in [-0.39, 0.29) is 11.3 Å². The van der Waals surface area contributed by atoms with E-state index in [1.165, 1.54) is 12.3 Å². The number of halogens is 1. The number of carboxylic acid groups (broad SMARTS) is 1. The van der Waals surface area contributed by atoms with Crippen molar-refractivity contribution in [1.82, 2.24) is 4.98 Å². The minimum absolute atomic E-state index is 0.0425.